The molecule has 15 heavy (non-hydrogen) atoms. The normalized spacial score (nSPS) is 12.8. The highest BCUT2D eigenvalue weighted by molar-refractivity contribution is 6.31. The highest BCUT2D eigenvalue weighted by atomic mass is 35.5. The summed E-state index contributed by atoms with van der Waals surface area (Å²) in [4.78, 5) is 0. The molecule has 0 radical (unpaired) electrons. The Kier molecular flexibility index (Phi) is 5.29. The van der Waals surface area contributed by atoms with E-state index >= 15 is 0 Å². The van der Waals surface area contributed by atoms with E-state index in [1.165, 1.54) is 0 Å². The molecule has 0 aromatic carbocycles. The zero-order chi connectivity index (χ0) is 11.3. The van der Waals surface area contributed by atoms with Crippen LogP contribution in [0, 0.1) is 5.92 Å². The van der Waals surface area contributed by atoms with Crippen LogP contribution in [0.3, 0.4) is 0 Å². The fraction of sp³-hybridized carbons (Fsp3) is 0.600. The zero-order valence-corrected chi connectivity index (χ0v) is 10.1. The Bertz CT molecular complexity index is 320. The number of aryl methyl sites for hydroxylation is 1. The second kappa shape index (κ2) is 6.26. The van der Waals surface area contributed by atoms with Crippen molar-refractivity contribution >= 4 is 23.2 Å². The van der Waals surface area contributed by atoms with Gasteiger partial charge in [-0.15, -0.1) is 10.2 Å². The van der Waals surface area contributed by atoms with Gasteiger partial charge in [-0.1, -0.05) is 30.1 Å². The Labute approximate surface area is 99.4 Å². The zero-order valence-electron chi connectivity index (χ0n) is 8.58. The third kappa shape index (κ3) is 4.33. The van der Waals surface area contributed by atoms with E-state index in [9.17, 15) is 0 Å². The molecular formula is C10H14Cl2N2O. The number of aliphatic hydroxyl groups excluding tert-OH is 1. The van der Waals surface area contributed by atoms with Gasteiger partial charge in [0.2, 0.25) is 0 Å². The second-order valence-electron chi connectivity index (χ2n) is 3.66. The van der Waals surface area contributed by atoms with Gasteiger partial charge in [0.05, 0.1) is 0 Å². The van der Waals surface area contributed by atoms with Crippen molar-refractivity contribution in [2.75, 3.05) is 6.61 Å². The molecule has 1 heterocycles. The minimum Gasteiger partial charge on any atom is -0.396 e. The van der Waals surface area contributed by atoms with Crippen LogP contribution in [-0.2, 0) is 6.42 Å². The van der Waals surface area contributed by atoms with Crippen molar-refractivity contribution in [2.45, 2.75) is 26.2 Å². The van der Waals surface area contributed by atoms with Crippen LogP contribution < -0.4 is 0 Å². The number of nitrogens with zero attached hydrogens (tertiary/aromatic N) is 2. The lowest BCUT2D eigenvalue weighted by atomic mass is 10.0. The molecule has 1 atom stereocenters. The van der Waals surface area contributed by atoms with Crippen LogP contribution in [0.25, 0.3) is 0 Å². The van der Waals surface area contributed by atoms with E-state index in [1.54, 1.807) is 6.07 Å². The Hall–Kier alpha value is -0.380. The first-order chi connectivity index (χ1) is 7.13. The third-order valence-corrected chi connectivity index (χ3v) is 2.75. The van der Waals surface area contributed by atoms with E-state index in [-0.39, 0.29) is 6.61 Å². The molecule has 1 N–H and O–H groups in total. The van der Waals surface area contributed by atoms with Crippen molar-refractivity contribution in [1.82, 2.24) is 10.2 Å². The molecule has 0 bridgehead atoms. The molecule has 0 aliphatic rings. The molecule has 0 fully saturated rings. The Morgan fingerprint density at radius 2 is 2.13 bits per heavy atom. The summed E-state index contributed by atoms with van der Waals surface area (Å²) in [5, 5.41) is 17.0. The summed E-state index contributed by atoms with van der Waals surface area (Å²) in [6.07, 6.45) is 2.74. The SMILES string of the molecule is CC(CO)CCCc1cc(Cl)nnc1Cl. The van der Waals surface area contributed by atoms with Crippen molar-refractivity contribution in [3.63, 3.8) is 0 Å². The Morgan fingerprint density at radius 1 is 1.40 bits per heavy atom. The molecule has 0 saturated carbocycles. The maximum Gasteiger partial charge on any atom is 0.155 e. The van der Waals surface area contributed by atoms with Crippen molar-refractivity contribution in [1.29, 1.82) is 0 Å². The largest absolute Gasteiger partial charge is 0.396 e. The molecule has 0 aliphatic heterocycles. The van der Waals surface area contributed by atoms with Crippen LogP contribution in [0.5, 0.6) is 0 Å². The summed E-state index contributed by atoms with van der Waals surface area (Å²) in [5.74, 6) is 0.328. The molecule has 1 rings (SSSR count). The van der Waals surface area contributed by atoms with E-state index in [2.05, 4.69) is 10.2 Å². The predicted molar refractivity (Wildman–Crippen MR) is 61.2 cm³/mol. The highest BCUT2D eigenvalue weighted by Crippen LogP contribution is 2.18. The topological polar surface area (TPSA) is 46.0 Å². The lowest BCUT2D eigenvalue weighted by Crippen LogP contribution is -2.01. The number of aliphatic hydroxyl groups is 1. The van der Waals surface area contributed by atoms with Gasteiger partial charge >= 0.3 is 0 Å². The first-order valence-corrected chi connectivity index (χ1v) is 5.67. The molecule has 5 heteroatoms. The van der Waals surface area contributed by atoms with Gasteiger partial charge < -0.3 is 5.11 Å². The maximum absolute atomic E-state index is 8.86. The Balaban J connectivity index is 2.46. The van der Waals surface area contributed by atoms with Gasteiger partial charge in [-0.2, -0.15) is 0 Å². The summed E-state index contributed by atoms with van der Waals surface area (Å²) < 4.78 is 0. The molecule has 0 aliphatic carbocycles. The van der Waals surface area contributed by atoms with Crippen molar-refractivity contribution in [3.8, 4) is 0 Å². The smallest absolute Gasteiger partial charge is 0.155 e. The van der Waals surface area contributed by atoms with Crippen LogP contribution in [0.15, 0.2) is 6.07 Å². The minimum atomic E-state index is 0.225. The molecule has 0 spiro atoms. The van der Waals surface area contributed by atoms with Gasteiger partial charge in [0, 0.05) is 6.61 Å². The fourth-order valence-electron chi connectivity index (χ4n) is 1.30. The number of aromatic nitrogens is 2. The van der Waals surface area contributed by atoms with Crippen molar-refractivity contribution in [2.24, 2.45) is 5.92 Å². The summed E-state index contributed by atoms with van der Waals surface area (Å²) in [6.45, 7) is 2.24. The monoisotopic (exact) mass is 248 g/mol. The van der Waals surface area contributed by atoms with Crippen LogP contribution in [0.4, 0.5) is 0 Å². The van der Waals surface area contributed by atoms with Crippen molar-refractivity contribution in [3.05, 3.63) is 21.9 Å². The lowest BCUT2D eigenvalue weighted by molar-refractivity contribution is 0.228. The summed E-state index contributed by atoms with van der Waals surface area (Å²) in [5.41, 5.74) is 0.918. The van der Waals surface area contributed by atoms with E-state index < -0.39 is 0 Å². The standard InChI is InChI=1S/C10H14Cl2N2O/c1-7(6-15)3-2-4-8-5-9(11)13-14-10(8)12/h5,7,15H,2-4,6H2,1H3. The quantitative estimate of drug-likeness (QED) is 0.872. The number of rotatable bonds is 5. The van der Waals surface area contributed by atoms with E-state index in [0.29, 0.717) is 16.2 Å². The van der Waals surface area contributed by atoms with Gasteiger partial charge in [0.15, 0.2) is 10.3 Å². The summed E-state index contributed by atoms with van der Waals surface area (Å²) in [6, 6.07) is 1.74. The average Bonchev–Trinajstić information content (AvgIpc) is 2.23. The molecule has 1 unspecified atom stereocenters. The molecule has 0 saturated heterocycles. The van der Waals surface area contributed by atoms with Gasteiger partial charge in [0.1, 0.15) is 0 Å². The first kappa shape index (κ1) is 12.7. The molecular weight excluding hydrogens is 235 g/mol. The third-order valence-electron chi connectivity index (χ3n) is 2.25. The minimum absolute atomic E-state index is 0.225. The van der Waals surface area contributed by atoms with Gasteiger partial charge in [-0.25, -0.2) is 0 Å². The summed E-state index contributed by atoms with van der Waals surface area (Å²) in [7, 11) is 0. The predicted octanol–water partition coefficient (Wildman–Crippen LogP) is 2.73. The van der Waals surface area contributed by atoms with Crippen LogP contribution >= 0.6 is 23.2 Å². The highest BCUT2D eigenvalue weighted by Gasteiger charge is 2.05. The average molecular weight is 249 g/mol. The fourth-order valence-corrected chi connectivity index (χ4v) is 1.65. The number of halogens is 2. The van der Waals surface area contributed by atoms with Crippen LogP contribution in [0.2, 0.25) is 10.3 Å². The Morgan fingerprint density at radius 3 is 2.80 bits per heavy atom. The van der Waals surface area contributed by atoms with E-state index in [4.69, 9.17) is 28.3 Å². The number of hydrogen-bond acceptors (Lipinski definition) is 3. The lowest BCUT2D eigenvalue weighted by Gasteiger charge is -2.07. The molecule has 1 aromatic rings. The molecule has 3 nitrogen and oxygen atoms in total. The molecule has 84 valence electrons. The van der Waals surface area contributed by atoms with Crippen LogP contribution in [-0.4, -0.2) is 21.9 Å². The van der Waals surface area contributed by atoms with E-state index in [1.807, 2.05) is 6.92 Å². The van der Waals surface area contributed by atoms with Gasteiger partial charge in [-0.05, 0) is 36.8 Å². The molecule has 1 aromatic heterocycles. The maximum atomic E-state index is 8.86. The van der Waals surface area contributed by atoms with E-state index in [0.717, 1.165) is 24.8 Å². The van der Waals surface area contributed by atoms with Gasteiger partial charge in [0.25, 0.3) is 0 Å². The summed E-state index contributed by atoms with van der Waals surface area (Å²) >= 11 is 11.6. The van der Waals surface area contributed by atoms with Crippen LogP contribution in [0.1, 0.15) is 25.3 Å². The molecule has 0 amide bonds. The second-order valence-corrected chi connectivity index (χ2v) is 4.41. The van der Waals surface area contributed by atoms with Crippen molar-refractivity contribution < 1.29 is 5.11 Å². The first-order valence-electron chi connectivity index (χ1n) is 4.92. The van der Waals surface area contributed by atoms with Gasteiger partial charge in [-0.3, -0.25) is 0 Å². The number of hydrogen-bond donors (Lipinski definition) is 1.